The summed E-state index contributed by atoms with van der Waals surface area (Å²) >= 11 is 1.27. The van der Waals surface area contributed by atoms with Gasteiger partial charge in [0.05, 0.1) is 16.3 Å². The number of carbonyl (C=O) groups is 1. The molecule has 10 heteroatoms. The van der Waals surface area contributed by atoms with Crippen LogP contribution < -0.4 is 11.0 Å². The predicted molar refractivity (Wildman–Crippen MR) is 108 cm³/mol. The number of aromatic nitrogens is 6. The number of hydrogen-bond donors (Lipinski definition) is 3. The average Bonchev–Trinajstić information content (AvgIpc) is 3.21. The maximum absolute atomic E-state index is 12.6. The second-order valence-corrected chi connectivity index (χ2v) is 7.91. The highest BCUT2D eigenvalue weighted by molar-refractivity contribution is 8.00. The van der Waals surface area contributed by atoms with Gasteiger partial charge < -0.3 is 15.3 Å². The molecule has 0 saturated carbocycles. The maximum atomic E-state index is 12.6. The van der Waals surface area contributed by atoms with Crippen molar-refractivity contribution in [3.63, 3.8) is 0 Å². The highest BCUT2D eigenvalue weighted by atomic mass is 32.2. The van der Waals surface area contributed by atoms with Crippen molar-refractivity contribution in [2.24, 2.45) is 0 Å². The van der Waals surface area contributed by atoms with Gasteiger partial charge in [-0.2, -0.15) is 4.98 Å². The van der Waals surface area contributed by atoms with E-state index in [-0.39, 0.29) is 11.6 Å². The van der Waals surface area contributed by atoms with E-state index < -0.39 is 5.25 Å². The summed E-state index contributed by atoms with van der Waals surface area (Å²) in [6, 6.07) is 5.19. The molecule has 3 aromatic heterocycles. The minimum atomic E-state index is -0.416. The molecule has 4 rings (SSSR count). The number of thioether (sulfide) groups is 1. The molecule has 0 radical (unpaired) electrons. The third-order valence-corrected chi connectivity index (χ3v) is 5.63. The van der Waals surface area contributed by atoms with Crippen LogP contribution >= 0.6 is 11.8 Å². The standard InChI is InChI=1S/C18H19N7O2S/c1-8-9(2)19-16-23-18(24-25(16)10(8)3)28-11(4)15(26)20-12-5-6-13-14(7-12)22-17(27)21-13/h5-7,11H,1-4H3,(H,20,26)(H2,21,22,27)/t11-/m1/s1. The molecule has 1 atom stereocenters. The van der Waals surface area contributed by atoms with Gasteiger partial charge in [-0.1, -0.05) is 11.8 Å². The molecule has 0 saturated heterocycles. The van der Waals surface area contributed by atoms with E-state index in [1.165, 1.54) is 11.8 Å². The van der Waals surface area contributed by atoms with Gasteiger partial charge >= 0.3 is 5.69 Å². The van der Waals surface area contributed by atoms with E-state index in [9.17, 15) is 9.59 Å². The molecule has 0 spiro atoms. The van der Waals surface area contributed by atoms with Gasteiger partial charge in [-0.15, -0.1) is 5.10 Å². The van der Waals surface area contributed by atoms with Crippen LogP contribution in [-0.2, 0) is 4.79 Å². The first-order valence-corrected chi connectivity index (χ1v) is 9.60. The van der Waals surface area contributed by atoms with Crippen LogP contribution in [-0.4, -0.2) is 40.7 Å². The highest BCUT2D eigenvalue weighted by Crippen LogP contribution is 2.23. The number of H-pyrrole nitrogens is 2. The van der Waals surface area contributed by atoms with Gasteiger partial charge in [-0.25, -0.2) is 14.3 Å². The zero-order valence-corrected chi connectivity index (χ0v) is 16.6. The van der Waals surface area contributed by atoms with Crippen molar-refractivity contribution in [2.45, 2.75) is 38.1 Å². The number of aryl methyl sites for hydroxylation is 2. The van der Waals surface area contributed by atoms with Crippen molar-refractivity contribution in [1.29, 1.82) is 0 Å². The number of aromatic amines is 2. The highest BCUT2D eigenvalue weighted by Gasteiger charge is 2.19. The Bertz CT molecular complexity index is 1270. The Labute approximate surface area is 164 Å². The van der Waals surface area contributed by atoms with Crippen LogP contribution in [0.3, 0.4) is 0 Å². The number of nitrogens with one attached hydrogen (secondary N) is 3. The number of fused-ring (bicyclic) bond motifs is 2. The fourth-order valence-electron chi connectivity index (χ4n) is 2.85. The summed E-state index contributed by atoms with van der Waals surface area (Å²) < 4.78 is 1.70. The summed E-state index contributed by atoms with van der Waals surface area (Å²) in [6.07, 6.45) is 0. The Morgan fingerprint density at radius 3 is 2.71 bits per heavy atom. The Morgan fingerprint density at radius 1 is 1.18 bits per heavy atom. The molecular weight excluding hydrogens is 378 g/mol. The van der Waals surface area contributed by atoms with Crippen molar-refractivity contribution in [3.05, 3.63) is 45.6 Å². The molecule has 9 nitrogen and oxygen atoms in total. The maximum Gasteiger partial charge on any atom is 0.323 e. The minimum Gasteiger partial charge on any atom is -0.325 e. The quantitative estimate of drug-likeness (QED) is 0.455. The fourth-order valence-corrected chi connectivity index (χ4v) is 3.60. The molecule has 1 aromatic carbocycles. The smallest absolute Gasteiger partial charge is 0.323 e. The molecule has 4 aromatic rings. The molecule has 0 bridgehead atoms. The van der Waals surface area contributed by atoms with Crippen molar-refractivity contribution in [1.82, 2.24) is 29.5 Å². The molecule has 0 aliphatic rings. The number of benzene rings is 1. The molecule has 144 valence electrons. The van der Waals surface area contributed by atoms with Crippen LogP contribution in [0.25, 0.3) is 16.8 Å². The van der Waals surface area contributed by atoms with Crippen molar-refractivity contribution >= 4 is 40.2 Å². The van der Waals surface area contributed by atoms with E-state index in [1.807, 2.05) is 20.8 Å². The van der Waals surface area contributed by atoms with Gasteiger partial charge in [-0.05, 0) is 51.5 Å². The molecular formula is C18H19N7O2S. The van der Waals surface area contributed by atoms with E-state index in [0.717, 1.165) is 17.0 Å². The van der Waals surface area contributed by atoms with Crippen LogP contribution in [0, 0.1) is 20.8 Å². The molecule has 0 unspecified atom stereocenters. The van der Waals surface area contributed by atoms with Gasteiger partial charge in [-0.3, -0.25) is 4.79 Å². The summed E-state index contributed by atoms with van der Waals surface area (Å²) in [7, 11) is 0. The number of amides is 1. The van der Waals surface area contributed by atoms with E-state index in [4.69, 9.17) is 0 Å². The third kappa shape index (κ3) is 3.26. The molecule has 3 heterocycles. The predicted octanol–water partition coefficient (Wildman–Crippen LogP) is 2.34. The lowest BCUT2D eigenvalue weighted by Crippen LogP contribution is -2.22. The van der Waals surface area contributed by atoms with Gasteiger partial charge in [0, 0.05) is 17.1 Å². The normalized spacial score (nSPS) is 12.6. The van der Waals surface area contributed by atoms with Crippen LogP contribution in [0.1, 0.15) is 23.9 Å². The molecule has 0 aliphatic carbocycles. The van der Waals surface area contributed by atoms with Gasteiger partial charge in [0.1, 0.15) is 0 Å². The van der Waals surface area contributed by atoms with Gasteiger partial charge in [0.25, 0.3) is 5.78 Å². The Kier molecular flexibility index (Phi) is 4.42. The number of imidazole rings is 1. The number of anilines is 1. The largest absolute Gasteiger partial charge is 0.325 e. The first-order valence-electron chi connectivity index (χ1n) is 8.72. The topological polar surface area (TPSA) is 121 Å². The third-order valence-electron chi connectivity index (χ3n) is 4.68. The van der Waals surface area contributed by atoms with E-state index >= 15 is 0 Å². The minimum absolute atomic E-state index is 0.182. The van der Waals surface area contributed by atoms with Gasteiger partial charge in [0.2, 0.25) is 11.1 Å². The zero-order chi connectivity index (χ0) is 20.0. The van der Waals surface area contributed by atoms with Crippen molar-refractivity contribution < 1.29 is 4.79 Å². The molecule has 28 heavy (non-hydrogen) atoms. The van der Waals surface area contributed by atoms with Crippen LogP contribution in [0.15, 0.2) is 28.2 Å². The summed E-state index contributed by atoms with van der Waals surface area (Å²) in [5, 5.41) is 7.40. The lowest BCUT2D eigenvalue weighted by atomic mass is 10.2. The van der Waals surface area contributed by atoms with E-state index in [0.29, 0.717) is 27.7 Å². The summed E-state index contributed by atoms with van der Waals surface area (Å²) in [5.74, 6) is 0.343. The van der Waals surface area contributed by atoms with Crippen molar-refractivity contribution in [2.75, 3.05) is 5.32 Å². The number of hydrogen-bond acceptors (Lipinski definition) is 6. The Balaban J connectivity index is 1.51. The SMILES string of the molecule is Cc1nc2nc(S[C@H](C)C(=O)Nc3ccc4[nH]c(=O)[nH]c4c3)nn2c(C)c1C. The van der Waals surface area contributed by atoms with Crippen molar-refractivity contribution in [3.8, 4) is 0 Å². The average molecular weight is 397 g/mol. The van der Waals surface area contributed by atoms with Crippen LogP contribution in [0.2, 0.25) is 0 Å². The lowest BCUT2D eigenvalue weighted by molar-refractivity contribution is -0.115. The van der Waals surface area contributed by atoms with Crippen LogP contribution in [0.4, 0.5) is 5.69 Å². The monoisotopic (exact) mass is 397 g/mol. The van der Waals surface area contributed by atoms with Crippen LogP contribution in [0.5, 0.6) is 0 Å². The number of nitrogens with zero attached hydrogens (tertiary/aromatic N) is 4. The van der Waals surface area contributed by atoms with E-state index in [1.54, 1.807) is 29.6 Å². The second-order valence-electron chi connectivity index (χ2n) is 6.60. The second kappa shape index (κ2) is 6.79. The summed E-state index contributed by atoms with van der Waals surface area (Å²) in [6.45, 7) is 7.70. The molecule has 0 aliphatic heterocycles. The Morgan fingerprint density at radius 2 is 1.93 bits per heavy atom. The molecule has 0 fully saturated rings. The summed E-state index contributed by atoms with van der Waals surface area (Å²) in [5.41, 5.74) is 4.61. The Hall–Kier alpha value is -3.14. The van der Waals surface area contributed by atoms with E-state index in [2.05, 4.69) is 30.4 Å². The van der Waals surface area contributed by atoms with Gasteiger partial charge in [0.15, 0.2) is 0 Å². The number of carbonyl (C=O) groups excluding carboxylic acids is 1. The first kappa shape index (κ1) is 18.2. The lowest BCUT2D eigenvalue weighted by Gasteiger charge is -2.10. The molecule has 3 N–H and O–H groups in total. The fraction of sp³-hybridized carbons (Fsp3) is 0.278. The number of rotatable bonds is 4. The first-order chi connectivity index (χ1) is 13.3. The summed E-state index contributed by atoms with van der Waals surface area (Å²) in [4.78, 5) is 38.1. The molecule has 1 amide bonds. The zero-order valence-electron chi connectivity index (χ0n) is 15.8.